The maximum Gasteiger partial charge on any atom is 0.248 e. The van der Waals surface area contributed by atoms with E-state index >= 15 is 0 Å². The maximum absolute atomic E-state index is 12.9. The molecule has 1 amide bonds. The molecule has 1 unspecified atom stereocenters. The molecule has 2 nitrogen and oxygen atoms in total. The van der Waals surface area contributed by atoms with E-state index in [2.05, 4.69) is 15.9 Å². The summed E-state index contributed by atoms with van der Waals surface area (Å²) >= 11 is 3.48. The van der Waals surface area contributed by atoms with Gasteiger partial charge < -0.3 is 4.90 Å². The van der Waals surface area contributed by atoms with Crippen molar-refractivity contribution >= 4 is 21.8 Å². The Hall–Kier alpha value is -0.190. The zero-order valence-electron chi connectivity index (χ0n) is 9.09. The van der Waals surface area contributed by atoms with Gasteiger partial charge in [-0.25, -0.2) is 8.78 Å². The molecule has 2 fully saturated rings. The Kier molecular flexibility index (Phi) is 3.52. The third kappa shape index (κ3) is 2.73. The lowest BCUT2D eigenvalue weighted by molar-refractivity contribution is -0.138. The normalized spacial score (nSPS) is 30.7. The number of likely N-dealkylation sites (tertiary alicyclic amines) is 1. The van der Waals surface area contributed by atoms with Crippen molar-refractivity contribution in [3.05, 3.63) is 0 Å². The van der Waals surface area contributed by atoms with Crippen molar-refractivity contribution in [3.63, 3.8) is 0 Å². The van der Waals surface area contributed by atoms with Crippen LogP contribution in [0.1, 0.15) is 32.1 Å². The predicted molar refractivity (Wildman–Crippen MR) is 60.8 cm³/mol. The van der Waals surface area contributed by atoms with Gasteiger partial charge in [0.1, 0.15) is 0 Å². The second-order valence-electron chi connectivity index (χ2n) is 4.80. The van der Waals surface area contributed by atoms with Gasteiger partial charge in [0.05, 0.1) is 0 Å². The first-order chi connectivity index (χ1) is 7.48. The highest BCUT2D eigenvalue weighted by Gasteiger charge is 2.39. The van der Waals surface area contributed by atoms with Gasteiger partial charge in [-0.05, 0) is 19.3 Å². The Morgan fingerprint density at radius 1 is 1.25 bits per heavy atom. The molecule has 1 saturated heterocycles. The molecule has 0 aromatic heterocycles. The molecule has 16 heavy (non-hydrogen) atoms. The summed E-state index contributed by atoms with van der Waals surface area (Å²) in [6.45, 7) is 1.49. The summed E-state index contributed by atoms with van der Waals surface area (Å²) in [7, 11) is 0. The van der Waals surface area contributed by atoms with Crippen LogP contribution in [-0.4, -0.2) is 34.6 Å². The van der Waals surface area contributed by atoms with Gasteiger partial charge in [0.15, 0.2) is 0 Å². The van der Waals surface area contributed by atoms with E-state index in [1.807, 2.05) is 4.90 Å². The van der Waals surface area contributed by atoms with Gasteiger partial charge in [-0.15, -0.1) is 0 Å². The zero-order chi connectivity index (χ0) is 11.8. The minimum atomic E-state index is -2.54. The molecule has 2 aliphatic rings. The molecule has 1 atom stereocenters. The average Bonchev–Trinajstić information content (AvgIpc) is 2.64. The van der Waals surface area contributed by atoms with Crippen molar-refractivity contribution in [2.24, 2.45) is 5.92 Å². The van der Waals surface area contributed by atoms with Crippen LogP contribution in [0.5, 0.6) is 0 Å². The van der Waals surface area contributed by atoms with Gasteiger partial charge in [0.25, 0.3) is 0 Å². The molecule has 0 spiro atoms. The smallest absolute Gasteiger partial charge is 0.248 e. The number of halogens is 3. The number of carbonyl (C=O) groups is 1. The molecule has 0 bridgehead atoms. The van der Waals surface area contributed by atoms with Crippen LogP contribution in [0, 0.1) is 5.92 Å². The Labute approximate surface area is 102 Å². The van der Waals surface area contributed by atoms with E-state index in [9.17, 15) is 13.6 Å². The number of hydrogen-bond donors (Lipinski definition) is 0. The zero-order valence-corrected chi connectivity index (χ0v) is 10.7. The number of nitrogens with zero attached hydrogens (tertiary/aromatic N) is 1. The largest absolute Gasteiger partial charge is 0.341 e. The number of amides is 1. The quantitative estimate of drug-likeness (QED) is 0.681. The van der Waals surface area contributed by atoms with Crippen molar-refractivity contribution in [1.29, 1.82) is 0 Å². The molecule has 1 saturated carbocycles. The highest BCUT2D eigenvalue weighted by Crippen LogP contribution is 2.37. The third-order valence-corrected chi connectivity index (χ3v) is 4.26. The topological polar surface area (TPSA) is 20.3 Å². The van der Waals surface area contributed by atoms with Crippen LogP contribution < -0.4 is 0 Å². The monoisotopic (exact) mass is 295 g/mol. The van der Waals surface area contributed by atoms with Gasteiger partial charge in [-0.1, -0.05) is 15.9 Å². The van der Waals surface area contributed by atoms with E-state index in [1.54, 1.807) is 0 Å². The van der Waals surface area contributed by atoms with Crippen molar-refractivity contribution in [3.8, 4) is 0 Å². The summed E-state index contributed by atoms with van der Waals surface area (Å²) in [5.41, 5.74) is 0. The fraction of sp³-hybridized carbons (Fsp3) is 0.909. The average molecular weight is 296 g/mol. The van der Waals surface area contributed by atoms with E-state index in [0.717, 1.165) is 19.5 Å². The predicted octanol–water partition coefficient (Wildman–Crippen LogP) is 2.81. The van der Waals surface area contributed by atoms with E-state index in [-0.39, 0.29) is 24.7 Å². The highest BCUT2D eigenvalue weighted by atomic mass is 79.9. The Morgan fingerprint density at radius 3 is 2.38 bits per heavy atom. The fourth-order valence-electron chi connectivity index (χ4n) is 2.46. The number of alkyl halides is 3. The highest BCUT2D eigenvalue weighted by molar-refractivity contribution is 9.09. The molecule has 1 heterocycles. The van der Waals surface area contributed by atoms with Crippen molar-refractivity contribution in [2.45, 2.75) is 42.9 Å². The lowest BCUT2D eigenvalue weighted by Crippen LogP contribution is -2.38. The summed E-state index contributed by atoms with van der Waals surface area (Å²) in [6.07, 6.45) is 1.39. The first-order valence-corrected chi connectivity index (χ1v) is 6.70. The Balaban J connectivity index is 1.87. The van der Waals surface area contributed by atoms with Crippen LogP contribution in [-0.2, 0) is 4.79 Å². The standard InChI is InChI=1S/C11H16BrF2NO/c12-9-3-6-15(7-9)10(16)8-1-4-11(13,14)5-2-8/h8-9H,1-7H2. The number of rotatable bonds is 1. The van der Waals surface area contributed by atoms with Gasteiger partial charge in [-0.2, -0.15) is 0 Å². The van der Waals surface area contributed by atoms with Crippen LogP contribution >= 0.6 is 15.9 Å². The summed E-state index contributed by atoms with van der Waals surface area (Å²) in [5.74, 6) is -2.63. The maximum atomic E-state index is 12.9. The number of hydrogen-bond acceptors (Lipinski definition) is 1. The molecule has 0 N–H and O–H groups in total. The lowest BCUT2D eigenvalue weighted by Gasteiger charge is -2.30. The van der Waals surface area contributed by atoms with E-state index in [0.29, 0.717) is 17.7 Å². The summed E-state index contributed by atoms with van der Waals surface area (Å²) in [5, 5.41) is 0. The minimum absolute atomic E-state index is 0.0810. The van der Waals surface area contributed by atoms with Gasteiger partial charge in [0.2, 0.25) is 11.8 Å². The summed E-state index contributed by atoms with van der Waals surface area (Å²) in [4.78, 5) is 14.2. The van der Waals surface area contributed by atoms with Crippen LogP contribution in [0.25, 0.3) is 0 Å². The first kappa shape index (κ1) is 12.3. The molecule has 1 aliphatic carbocycles. The van der Waals surface area contributed by atoms with E-state index in [4.69, 9.17) is 0 Å². The Bertz CT molecular complexity index is 275. The molecule has 0 radical (unpaired) electrons. The van der Waals surface area contributed by atoms with Crippen molar-refractivity contribution in [1.82, 2.24) is 4.90 Å². The summed E-state index contributed by atoms with van der Waals surface area (Å²) in [6, 6.07) is 0. The fourth-order valence-corrected chi connectivity index (χ4v) is 3.02. The van der Waals surface area contributed by atoms with Crippen LogP contribution in [0.4, 0.5) is 8.78 Å². The molecule has 92 valence electrons. The molecule has 1 aliphatic heterocycles. The molecule has 0 aromatic carbocycles. The van der Waals surface area contributed by atoms with E-state index in [1.165, 1.54) is 0 Å². The molecule has 0 aromatic rings. The molecular formula is C11H16BrF2NO. The SMILES string of the molecule is O=C(C1CCC(F)(F)CC1)N1CCC(Br)C1. The lowest BCUT2D eigenvalue weighted by atomic mass is 9.86. The first-order valence-electron chi connectivity index (χ1n) is 5.79. The molecular weight excluding hydrogens is 280 g/mol. The number of carbonyl (C=O) groups excluding carboxylic acids is 1. The Morgan fingerprint density at radius 2 is 1.88 bits per heavy atom. The van der Waals surface area contributed by atoms with Crippen molar-refractivity contribution in [2.75, 3.05) is 13.1 Å². The van der Waals surface area contributed by atoms with Gasteiger partial charge >= 0.3 is 0 Å². The second kappa shape index (κ2) is 4.59. The second-order valence-corrected chi connectivity index (χ2v) is 6.10. The molecule has 5 heteroatoms. The van der Waals surface area contributed by atoms with Crippen molar-refractivity contribution < 1.29 is 13.6 Å². The molecule has 2 rings (SSSR count). The third-order valence-electron chi connectivity index (χ3n) is 3.51. The summed E-state index contributed by atoms with van der Waals surface area (Å²) < 4.78 is 25.9. The van der Waals surface area contributed by atoms with Gasteiger partial charge in [0, 0.05) is 36.7 Å². The van der Waals surface area contributed by atoms with E-state index < -0.39 is 5.92 Å². The van der Waals surface area contributed by atoms with Crippen LogP contribution in [0.3, 0.4) is 0 Å². The minimum Gasteiger partial charge on any atom is -0.341 e. The van der Waals surface area contributed by atoms with Gasteiger partial charge in [-0.3, -0.25) is 4.79 Å². The van der Waals surface area contributed by atoms with Crippen LogP contribution in [0.15, 0.2) is 0 Å². The van der Waals surface area contributed by atoms with Crippen LogP contribution in [0.2, 0.25) is 0 Å².